The van der Waals surface area contributed by atoms with Gasteiger partial charge in [-0.05, 0) is 100 Å². The highest BCUT2D eigenvalue weighted by atomic mass is 16.7. The number of nitrogens with zero attached hydrogens (tertiary/aromatic N) is 4. The number of aryl methyl sites for hydroxylation is 2. The molecule has 4 aromatic carbocycles. The van der Waals surface area contributed by atoms with E-state index in [1.165, 1.54) is 22.3 Å². The first-order chi connectivity index (χ1) is 31.4. The molecule has 0 spiro atoms. The van der Waals surface area contributed by atoms with E-state index < -0.39 is 0 Å². The van der Waals surface area contributed by atoms with Crippen molar-refractivity contribution in [2.24, 2.45) is 0 Å². The fourth-order valence-corrected chi connectivity index (χ4v) is 9.27. The number of fused-ring (bicyclic) bond motifs is 5. The number of nitrogen functional groups attached to an aromatic ring is 1. The molecule has 3 aromatic heterocycles. The predicted octanol–water partition coefficient (Wildman–Crippen LogP) is 7.40. The molecule has 0 saturated carbocycles. The molecule has 7 heterocycles. The van der Waals surface area contributed by atoms with E-state index in [1.54, 1.807) is 36.8 Å². The van der Waals surface area contributed by atoms with Crippen LogP contribution >= 0.6 is 0 Å². The van der Waals surface area contributed by atoms with Crippen LogP contribution in [0.15, 0.2) is 110 Å². The van der Waals surface area contributed by atoms with Crippen molar-refractivity contribution in [3.63, 3.8) is 0 Å². The van der Waals surface area contributed by atoms with Gasteiger partial charge in [-0.3, -0.25) is 19.4 Å². The van der Waals surface area contributed by atoms with Gasteiger partial charge in [-0.25, -0.2) is 0 Å². The number of nitrogens with one attached hydrogen (secondary N) is 1. The molecule has 3 N–H and O–H groups in total. The van der Waals surface area contributed by atoms with Crippen LogP contribution in [0.4, 0.5) is 17.1 Å². The van der Waals surface area contributed by atoms with Crippen LogP contribution in [0.5, 0.6) is 23.0 Å². The van der Waals surface area contributed by atoms with Gasteiger partial charge < -0.3 is 48.3 Å². The molecular formula is C50H54N6O8. The molecule has 2 saturated heterocycles. The van der Waals surface area contributed by atoms with Gasteiger partial charge in [0.05, 0.1) is 23.3 Å². The molecule has 7 aromatic rings. The number of unbranched alkanes of at least 4 members (excludes halogenated alkanes) is 2. The topological polar surface area (TPSA) is 152 Å². The molecular weight excluding hydrogens is 813 g/mol. The molecule has 14 nitrogen and oxygen atoms in total. The Morgan fingerprint density at radius 1 is 0.547 bits per heavy atom. The Morgan fingerprint density at radius 2 is 1.08 bits per heavy atom. The number of aromatic amines is 1. The van der Waals surface area contributed by atoms with Crippen LogP contribution in [0.3, 0.4) is 0 Å². The molecule has 11 rings (SSSR count). The highest BCUT2D eigenvalue weighted by Crippen LogP contribution is 2.36. The highest BCUT2D eigenvalue weighted by Gasteiger charge is 2.22. The molecule has 0 unspecified atom stereocenters. The third-order valence-electron chi connectivity index (χ3n) is 12.9. The van der Waals surface area contributed by atoms with Crippen molar-refractivity contribution in [2.75, 3.05) is 94.6 Å². The van der Waals surface area contributed by atoms with Crippen molar-refractivity contribution in [3.05, 3.63) is 123 Å². The number of anilines is 3. The summed E-state index contributed by atoms with van der Waals surface area (Å²) in [7, 11) is 0. The van der Waals surface area contributed by atoms with Gasteiger partial charge in [0, 0.05) is 110 Å². The maximum Gasteiger partial charge on any atom is 0.231 e. The number of aromatic nitrogens is 1. The predicted molar refractivity (Wildman–Crippen MR) is 250 cm³/mol. The molecule has 332 valence electrons. The first-order valence-electron chi connectivity index (χ1n) is 22.5. The third-order valence-corrected chi connectivity index (χ3v) is 12.9. The van der Waals surface area contributed by atoms with Crippen LogP contribution in [0.1, 0.15) is 36.8 Å². The summed E-state index contributed by atoms with van der Waals surface area (Å²) >= 11 is 0. The Morgan fingerprint density at radius 3 is 1.64 bits per heavy atom. The summed E-state index contributed by atoms with van der Waals surface area (Å²) in [6, 6.07) is 23.6. The number of piperazine rings is 2. The van der Waals surface area contributed by atoms with Crippen LogP contribution in [0.2, 0.25) is 0 Å². The monoisotopic (exact) mass is 866 g/mol. The number of rotatable bonds is 12. The quantitative estimate of drug-likeness (QED) is 0.0928. The SMILES string of the molecule is Nc1cccc(N2CCN(CCCCc3coc4cc5c(cc4c3=O)OCO5)CC2)c1.O=c1c(CCCCN2CCN(c3cccc4[nH]ccc34)CC2)coc2cc3c(cc12)OCO3. The summed E-state index contributed by atoms with van der Waals surface area (Å²) in [5.74, 6) is 2.47. The number of nitrogens with two attached hydrogens (primary N) is 1. The molecule has 4 aliphatic rings. The lowest BCUT2D eigenvalue weighted by molar-refractivity contribution is 0.173. The molecule has 0 radical (unpaired) electrons. The second kappa shape index (κ2) is 18.6. The Hall–Kier alpha value is -6.64. The van der Waals surface area contributed by atoms with E-state index in [2.05, 4.69) is 54.9 Å². The molecule has 0 aliphatic carbocycles. The van der Waals surface area contributed by atoms with Crippen molar-refractivity contribution >= 4 is 49.9 Å². The zero-order chi connectivity index (χ0) is 43.4. The van der Waals surface area contributed by atoms with E-state index >= 15 is 0 Å². The largest absolute Gasteiger partial charge is 0.464 e. The average molecular weight is 867 g/mol. The number of hydrogen-bond donors (Lipinski definition) is 2. The second-order valence-corrected chi connectivity index (χ2v) is 17.0. The Kier molecular flexibility index (Phi) is 12.0. The average Bonchev–Trinajstić information content (AvgIpc) is 4.12. The van der Waals surface area contributed by atoms with Crippen molar-refractivity contribution in [1.82, 2.24) is 14.8 Å². The van der Waals surface area contributed by atoms with E-state index in [1.807, 2.05) is 24.4 Å². The van der Waals surface area contributed by atoms with Crippen molar-refractivity contribution in [1.29, 1.82) is 0 Å². The van der Waals surface area contributed by atoms with Crippen LogP contribution in [-0.4, -0.2) is 93.8 Å². The lowest BCUT2D eigenvalue weighted by atomic mass is 10.1. The first-order valence-corrected chi connectivity index (χ1v) is 22.5. The van der Waals surface area contributed by atoms with E-state index in [0.717, 1.165) is 121 Å². The number of hydrogen-bond acceptors (Lipinski definition) is 13. The molecule has 14 heteroatoms. The minimum absolute atomic E-state index is 0.0234. The van der Waals surface area contributed by atoms with Crippen LogP contribution in [0.25, 0.3) is 32.8 Å². The zero-order valence-electron chi connectivity index (χ0n) is 36.0. The maximum absolute atomic E-state index is 12.9. The molecule has 4 aliphatic heterocycles. The molecule has 0 bridgehead atoms. The fraction of sp³-hybridized carbons (Fsp3) is 0.360. The zero-order valence-corrected chi connectivity index (χ0v) is 36.0. The second-order valence-electron chi connectivity index (χ2n) is 17.0. The van der Waals surface area contributed by atoms with E-state index in [-0.39, 0.29) is 24.4 Å². The maximum atomic E-state index is 12.9. The van der Waals surface area contributed by atoms with Gasteiger partial charge in [0.1, 0.15) is 11.2 Å². The number of benzene rings is 4. The molecule has 64 heavy (non-hydrogen) atoms. The van der Waals surface area contributed by atoms with Gasteiger partial charge in [0.25, 0.3) is 0 Å². The summed E-state index contributed by atoms with van der Waals surface area (Å²) in [6.07, 6.45) is 10.7. The Bertz CT molecular complexity index is 2870. The van der Waals surface area contributed by atoms with Gasteiger partial charge in [0.2, 0.25) is 13.6 Å². The number of ether oxygens (including phenoxy) is 4. The summed E-state index contributed by atoms with van der Waals surface area (Å²) in [6.45, 7) is 10.8. The van der Waals surface area contributed by atoms with Crippen molar-refractivity contribution in [2.45, 2.75) is 38.5 Å². The lowest BCUT2D eigenvalue weighted by Gasteiger charge is -2.36. The Labute approximate surface area is 370 Å². The first kappa shape index (κ1) is 41.4. The smallest absolute Gasteiger partial charge is 0.231 e. The molecule has 0 atom stereocenters. The normalized spacial score (nSPS) is 16.2. The third kappa shape index (κ3) is 8.93. The molecule has 0 amide bonds. The van der Waals surface area contributed by atoms with Crippen molar-refractivity contribution < 1.29 is 27.8 Å². The van der Waals surface area contributed by atoms with Crippen LogP contribution in [-0.2, 0) is 12.8 Å². The fourth-order valence-electron chi connectivity index (χ4n) is 9.27. The van der Waals surface area contributed by atoms with Crippen LogP contribution < -0.4 is 45.3 Å². The van der Waals surface area contributed by atoms with Gasteiger partial charge in [-0.1, -0.05) is 12.1 Å². The molecule has 2 fully saturated rings. The van der Waals surface area contributed by atoms with Gasteiger partial charge in [0.15, 0.2) is 33.9 Å². The van der Waals surface area contributed by atoms with Gasteiger partial charge in [-0.15, -0.1) is 0 Å². The number of H-pyrrole nitrogens is 1. The van der Waals surface area contributed by atoms with E-state index in [4.69, 9.17) is 33.5 Å². The van der Waals surface area contributed by atoms with Gasteiger partial charge >= 0.3 is 0 Å². The minimum Gasteiger partial charge on any atom is -0.464 e. The Balaban J connectivity index is 0.000000152. The van der Waals surface area contributed by atoms with E-state index in [0.29, 0.717) is 44.9 Å². The summed E-state index contributed by atoms with van der Waals surface area (Å²) in [4.78, 5) is 38.9. The van der Waals surface area contributed by atoms with Gasteiger partial charge in [-0.2, -0.15) is 0 Å². The summed E-state index contributed by atoms with van der Waals surface area (Å²) in [5.41, 5.74) is 13.0. The lowest BCUT2D eigenvalue weighted by Crippen LogP contribution is -2.46. The highest BCUT2D eigenvalue weighted by molar-refractivity contribution is 5.92. The minimum atomic E-state index is 0.0234. The standard InChI is InChI=1S/C26H27N3O4.C24H27N3O4/c30-26-18(16-31-23-15-25-24(14-20(23)26)32-17-33-25)4-1-2-9-28-10-12-29(13-11-28)22-6-3-5-21-19(22)7-8-27-21;25-18-5-3-6-19(12-18)27-10-8-26(9-11-27)7-2-1-4-17-15-29-21-14-23-22(30-16-31-23)13-20(21)24(17)28/h3,5-8,14-16,27H,1-2,4,9-13,17H2;3,5-6,12-15H,1-2,4,7-11,16,25H2. The van der Waals surface area contributed by atoms with E-state index in [9.17, 15) is 9.59 Å². The van der Waals surface area contributed by atoms with Crippen molar-refractivity contribution in [3.8, 4) is 23.0 Å². The summed E-state index contributed by atoms with van der Waals surface area (Å²) in [5, 5.41) is 2.41. The van der Waals surface area contributed by atoms with Crippen LogP contribution in [0, 0.1) is 0 Å². The summed E-state index contributed by atoms with van der Waals surface area (Å²) < 4.78 is 32.9.